The summed E-state index contributed by atoms with van der Waals surface area (Å²) < 4.78 is 6.42. The lowest BCUT2D eigenvalue weighted by Crippen LogP contribution is -2.47. The Labute approximate surface area is 147 Å². The van der Waals surface area contributed by atoms with Crippen LogP contribution in [0.15, 0.2) is 59.8 Å². The van der Waals surface area contributed by atoms with E-state index in [-0.39, 0.29) is 12.2 Å². The number of hydrogen-bond donors (Lipinski definition) is 2. The Balaban J connectivity index is 1.83. The Morgan fingerprint density at radius 2 is 2.04 bits per heavy atom. The zero-order valence-corrected chi connectivity index (χ0v) is 13.5. The van der Waals surface area contributed by atoms with Crippen molar-refractivity contribution in [1.29, 1.82) is 0 Å². The summed E-state index contributed by atoms with van der Waals surface area (Å²) in [6.45, 7) is 0. The molecule has 3 aromatic heterocycles. The molecule has 26 heavy (non-hydrogen) atoms. The van der Waals surface area contributed by atoms with Crippen molar-refractivity contribution < 1.29 is 18.8 Å². The highest BCUT2D eigenvalue weighted by atomic mass is 16.3. The van der Waals surface area contributed by atoms with Gasteiger partial charge in [0.15, 0.2) is 0 Å². The highest BCUT2D eigenvalue weighted by molar-refractivity contribution is 6.38. The van der Waals surface area contributed by atoms with Gasteiger partial charge in [-0.2, -0.15) is 0 Å². The van der Waals surface area contributed by atoms with Gasteiger partial charge < -0.3 is 15.5 Å². The van der Waals surface area contributed by atoms with E-state index in [1.54, 1.807) is 36.7 Å². The maximum Gasteiger partial charge on any atom is 0.288 e. The second kappa shape index (κ2) is 7.43. The monoisotopic (exact) mass is 353 g/mol. The Bertz CT molecular complexity index is 918. The van der Waals surface area contributed by atoms with E-state index in [4.69, 9.17) is 10.2 Å². The lowest BCUT2D eigenvalue weighted by molar-refractivity contribution is -0.137. The highest BCUT2D eigenvalue weighted by Gasteiger charge is 2.27. The minimum Gasteiger partial charge on any atom is -0.472 e. The number of carbonyl (C=O) groups is 3. The van der Waals surface area contributed by atoms with E-state index < -0.39 is 23.6 Å². The molecule has 3 heterocycles. The molecule has 132 valence electrons. The number of ketones is 1. The number of furan rings is 1. The summed E-state index contributed by atoms with van der Waals surface area (Å²) in [6.07, 6.45) is 7.49. The molecule has 3 N–H and O–H groups in total. The van der Waals surface area contributed by atoms with Gasteiger partial charge in [-0.05, 0) is 23.8 Å². The van der Waals surface area contributed by atoms with Crippen molar-refractivity contribution in [1.82, 2.24) is 19.9 Å². The van der Waals surface area contributed by atoms with Crippen molar-refractivity contribution >= 4 is 17.6 Å². The molecule has 0 saturated heterocycles. The summed E-state index contributed by atoms with van der Waals surface area (Å²) >= 11 is 0. The summed E-state index contributed by atoms with van der Waals surface area (Å²) in [5.74, 6) is -2.16. The van der Waals surface area contributed by atoms with E-state index in [0.717, 1.165) is 0 Å². The zero-order valence-electron chi connectivity index (χ0n) is 13.5. The summed E-state index contributed by atoms with van der Waals surface area (Å²) in [5, 5.41) is 2.51. The van der Waals surface area contributed by atoms with Crippen LogP contribution in [0.2, 0.25) is 0 Å². The smallest absolute Gasteiger partial charge is 0.288 e. The molecule has 3 aromatic rings. The normalized spacial score (nSPS) is 11.7. The van der Waals surface area contributed by atoms with E-state index in [1.807, 2.05) is 0 Å². The summed E-state index contributed by atoms with van der Waals surface area (Å²) in [7, 11) is 0. The first-order valence-electron chi connectivity index (χ1n) is 7.66. The largest absolute Gasteiger partial charge is 0.472 e. The van der Waals surface area contributed by atoms with Gasteiger partial charge in [0.25, 0.3) is 11.8 Å². The van der Waals surface area contributed by atoms with Gasteiger partial charge >= 0.3 is 0 Å². The molecular weight excluding hydrogens is 338 g/mol. The second-order valence-corrected chi connectivity index (χ2v) is 5.40. The van der Waals surface area contributed by atoms with Crippen molar-refractivity contribution in [2.45, 2.75) is 12.5 Å². The molecule has 0 aliphatic carbocycles. The van der Waals surface area contributed by atoms with Crippen LogP contribution in [0.4, 0.5) is 0 Å². The Morgan fingerprint density at radius 3 is 2.69 bits per heavy atom. The number of nitrogens with zero attached hydrogens (tertiary/aromatic N) is 3. The minimum absolute atomic E-state index is 0.0261. The number of primary amides is 1. The van der Waals surface area contributed by atoms with Gasteiger partial charge in [-0.3, -0.25) is 19.0 Å². The SMILES string of the molecule is NC(=O)C(=O)C(Cc1ccoc1)NC(=O)c1nccn1-c1ccccn1. The van der Waals surface area contributed by atoms with Crippen LogP contribution in [-0.4, -0.2) is 38.2 Å². The number of nitrogens with two attached hydrogens (primary N) is 1. The average molecular weight is 353 g/mol. The predicted molar refractivity (Wildman–Crippen MR) is 89.2 cm³/mol. The summed E-state index contributed by atoms with van der Waals surface area (Å²) in [5.41, 5.74) is 5.72. The first-order valence-corrected chi connectivity index (χ1v) is 7.66. The first-order chi connectivity index (χ1) is 12.6. The Morgan fingerprint density at radius 1 is 1.19 bits per heavy atom. The number of imidazole rings is 1. The highest BCUT2D eigenvalue weighted by Crippen LogP contribution is 2.09. The molecule has 0 aliphatic heterocycles. The molecule has 9 heteroatoms. The fourth-order valence-corrected chi connectivity index (χ4v) is 2.40. The Kier molecular flexibility index (Phi) is 4.88. The number of aromatic nitrogens is 3. The molecule has 0 saturated carbocycles. The first kappa shape index (κ1) is 17.1. The molecule has 2 amide bonds. The number of Topliss-reactive ketones (excluding diaryl/α,β-unsaturated/α-hetero) is 1. The molecule has 3 rings (SSSR count). The molecule has 0 radical (unpaired) electrons. The van der Waals surface area contributed by atoms with E-state index in [2.05, 4.69) is 15.3 Å². The molecule has 0 aliphatic rings. The maximum absolute atomic E-state index is 12.6. The maximum atomic E-state index is 12.6. The van der Waals surface area contributed by atoms with Gasteiger partial charge in [0, 0.05) is 25.0 Å². The second-order valence-electron chi connectivity index (χ2n) is 5.40. The van der Waals surface area contributed by atoms with Crippen LogP contribution in [0.5, 0.6) is 0 Å². The van der Waals surface area contributed by atoms with Crippen molar-refractivity contribution in [3.63, 3.8) is 0 Å². The molecule has 0 fully saturated rings. The molecule has 0 aromatic carbocycles. The van der Waals surface area contributed by atoms with E-state index in [9.17, 15) is 14.4 Å². The lowest BCUT2D eigenvalue weighted by Gasteiger charge is -2.15. The zero-order chi connectivity index (χ0) is 18.5. The third-order valence-corrected chi connectivity index (χ3v) is 3.62. The van der Waals surface area contributed by atoms with E-state index in [0.29, 0.717) is 11.4 Å². The fourth-order valence-electron chi connectivity index (χ4n) is 2.40. The number of carbonyl (C=O) groups excluding carboxylic acids is 3. The average Bonchev–Trinajstić information content (AvgIpc) is 3.32. The molecule has 1 unspecified atom stereocenters. The van der Waals surface area contributed by atoms with Gasteiger partial charge in [0.2, 0.25) is 11.6 Å². The van der Waals surface area contributed by atoms with Gasteiger partial charge in [-0.1, -0.05) is 6.07 Å². The van der Waals surface area contributed by atoms with Crippen LogP contribution in [0.1, 0.15) is 16.2 Å². The van der Waals surface area contributed by atoms with Crippen LogP contribution in [0.3, 0.4) is 0 Å². The van der Waals surface area contributed by atoms with E-state index in [1.165, 1.54) is 23.3 Å². The fraction of sp³-hybridized carbons (Fsp3) is 0.118. The van der Waals surface area contributed by atoms with Gasteiger partial charge in [-0.25, -0.2) is 9.97 Å². The molecule has 0 spiro atoms. The van der Waals surface area contributed by atoms with Gasteiger partial charge in [0.05, 0.1) is 12.5 Å². The predicted octanol–water partition coefficient (Wildman–Crippen LogP) is 0.256. The third-order valence-electron chi connectivity index (χ3n) is 3.62. The molecule has 1 atom stereocenters. The van der Waals surface area contributed by atoms with Gasteiger partial charge in [-0.15, -0.1) is 0 Å². The van der Waals surface area contributed by atoms with E-state index >= 15 is 0 Å². The van der Waals surface area contributed by atoms with Crippen molar-refractivity contribution in [3.05, 3.63) is 66.8 Å². The third kappa shape index (κ3) is 3.66. The van der Waals surface area contributed by atoms with Crippen LogP contribution < -0.4 is 11.1 Å². The number of amides is 2. The van der Waals surface area contributed by atoms with Gasteiger partial charge in [0.1, 0.15) is 11.9 Å². The molecular formula is C17H15N5O4. The van der Waals surface area contributed by atoms with Crippen molar-refractivity contribution in [2.24, 2.45) is 5.73 Å². The summed E-state index contributed by atoms with van der Waals surface area (Å²) in [4.78, 5) is 44.1. The number of hydrogen-bond acceptors (Lipinski definition) is 6. The van der Waals surface area contributed by atoms with Crippen LogP contribution in [0.25, 0.3) is 5.82 Å². The topological polar surface area (TPSA) is 133 Å². The standard InChI is InChI=1S/C17H15N5O4/c18-15(24)14(23)12(9-11-4-8-26-10-11)21-17(25)16-20-6-7-22(16)13-3-1-2-5-19-13/h1-8,10,12H,9H2,(H2,18,24)(H,21,25). The number of pyridine rings is 1. The van der Waals surface area contributed by atoms with Crippen LogP contribution >= 0.6 is 0 Å². The summed E-state index contributed by atoms with van der Waals surface area (Å²) in [6, 6.07) is 5.71. The lowest BCUT2D eigenvalue weighted by atomic mass is 10.0. The van der Waals surface area contributed by atoms with Crippen molar-refractivity contribution in [2.75, 3.05) is 0 Å². The van der Waals surface area contributed by atoms with Crippen molar-refractivity contribution in [3.8, 4) is 5.82 Å². The number of nitrogens with one attached hydrogen (secondary N) is 1. The molecule has 9 nitrogen and oxygen atoms in total. The minimum atomic E-state index is -1.13. The van der Waals surface area contributed by atoms with Crippen LogP contribution in [0, 0.1) is 0 Å². The molecule has 0 bridgehead atoms. The quantitative estimate of drug-likeness (QED) is 0.585. The van der Waals surface area contributed by atoms with Crippen LogP contribution in [-0.2, 0) is 16.0 Å². The number of rotatable bonds is 7. The Hall–Kier alpha value is -3.75.